The zero-order valence-corrected chi connectivity index (χ0v) is 10.2. The Kier molecular flexibility index (Phi) is 3.40. The van der Waals surface area contributed by atoms with Gasteiger partial charge in [0, 0.05) is 5.69 Å². The maximum atomic E-state index is 13.1. The summed E-state index contributed by atoms with van der Waals surface area (Å²) in [5.41, 5.74) is 1.29. The minimum absolute atomic E-state index is 0.0272. The second-order valence-electron chi connectivity index (χ2n) is 3.34. The van der Waals surface area contributed by atoms with Gasteiger partial charge in [0.1, 0.15) is 5.82 Å². The lowest BCUT2D eigenvalue weighted by Crippen LogP contribution is -2.00. The second kappa shape index (κ2) is 4.81. The molecule has 88 valence electrons. The summed E-state index contributed by atoms with van der Waals surface area (Å²) in [6.45, 7) is 1.78. The van der Waals surface area contributed by atoms with Crippen molar-refractivity contribution in [2.45, 2.75) is 6.92 Å². The van der Waals surface area contributed by atoms with E-state index in [0.29, 0.717) is 5.69 Å². The average molecular weight is 273 g/mol. The fourth-order valence-electron chi connectivity index (χ4n) is 1.32. The molecule has 1 aromatic carbocycles. The van der Waals surface area contributed by atoms with Crippen molar-refractivity contribution >= 4 is 34.8 Å². The lowest BCUT2D eigenvalue weighted by molar-refractivity contribution is 0.627. The Morgan fingerprint density at radius 3 is 2.29 bits per heavy atom. The molecule has 4 nitrogen and oxygen atoms in total. The third-order valence-electron chi connectivity index (χ3n) is 1.88. The van der Waals surface area contributed by atoms with Crippen LogP contribution in [-0.2, 0) is 0 Å². The molecule has 0 spiro atoms. The third-order valence-corrected chi connectivity index (χ3v) is 2.22. The summed E-state index contributed by atoms with van der Waals surface area (Å²) >= 11 is 11.2. The fourth-order valence-corrected chi connectivity index (χ4v) is 1.68. The highest BCUT2D eigenvalue weighted by atomic mass is 35.5. The van der Waals surface area contributed by atoms with Crippen LogP contribution in [0.25, 0.3) is 0 Å². The summed E-state index contributed by atoms with van der Waals surface area (Å²) < 4.78 is 13.1. The Labute approximate surface area is 107 Å². The van der Waals surface area contributed by atoms with Gasteiger partial charge < -0.3 is 5.32 Å². The van der Waals surface area contributed by atoms with Gasteiger partial charge in [0.15, 0.2) is 0 Å². The molecule has 0 saturated carbocycles. The predicted molar refractivity (Wildman–Crippen MR) is 64.3 cm³/mol. The topological polar surface area (TPSA) is 50.7 Å². The summed E-state index contributed by atoms with van der Waals surface area (Å²) in [7, 11) is 0. The van der Waals surface area contributed by atoms with Crippen LogP contribution in [-0.4, -0.2) is 15.0 Å². The quantitative estimate of drug-likeness (QED) is 0.911. The van der Waals surface area contributed by atoms with Gasteiger partial charge in [-0.25, -0.2) is 4.39 Å². The number of nitrogens with one attached hydrogen (secondary N) is 1. The maximum absolute atomic E-state index is 13.1. The summed E-state index contributed by atoms with van der Waals surface area (Å²) in [6.07, 6.45) is 0. The van der Waals surface area contributed by atoms with Crippen molar-refractivity contribution in [2.75, 3.05) is 5.32 Å². The number of rotatable bonds is 2. The summed E-state index contributed by atoms with van der Waals surface area (Å²) in [5.74, 6) is -0.182. The first-order chi connectivity index (χ1) is 8.02. The number of halogens is 3. The zero-order valence-electron chi connectivity index (χ0n) is 8.71. The Hall–Kier alpha value is -1.46. The highest BCUT2D eigenvalue weighted by molar-refractivity contribution is 6.31. The van der Waals surface area contributed by atoms with Crippen LogP contribution in [0.3, 0.4) is 0 Å². The standard InChI is InChI=1S/C10H7Cl2FN4/c1-5-2-6(13)4-7(3-5)14-10-16-8(11)15-9(12)17-10/h2-4H,1H3,(H,14,15,16,17). The molecule has 0 unspecified atom stereocenters. The molecule has 0 saturated heterocycles. The average Bonchev–Trinajstić information content (AvgIpc) is 2.13. The molecule has 2 rings (SSSR count). The van der Waals surface area contributed by atoms with Crippen LogP contribution in [0.4, 0.5) is 16.0 Å². The van der Waals surface area contributed by atoms with E-state index in [0.717, 1.165) is 5.56 Å². The van der Waals surface area contributed by atoms with Crippen molar-refractivity contribution < 1.29 is 4.39 Å². The van der Waals surface area contributed by atoms with E-state index in [4.69, 9.17) is 23.2 Å². The van der Waals surface area contributed by atoms with Crippen LogP contribution in [0.5, 0.6) is 0 Å². The van der Waals surface area contributed by atoms with Crippen molar-refractivity contribution in [1.82, 2.24) is 15.0 Å². The van der Waals surface area contributed by atoms with Crippen LogP contribution >= 0.6 is 23.2 Å². The van der Waals surface area contributed by atoms with Gasteiger partial charge in [-0.1, -0.05) is 0 Å². The number of aromatic nitrogens is 3. The van der Waals surface area contributed by atoms with Gasteiger partial charge in [-0.2, -0.15) is 15.0 Å². The summed E-state index contributed by atoms with van der Waals surface area (Å²) in [6, 6.07) is 4.48. The maximum Gasteiger partial charge on any atom is 0.232 e. The highest BCUT2D eigenvalue weighted by Crippen LogP contribution is 2.18. The van der Waals surface area contributed by atoms with Crippen LogP contribution < -0.4 is 5.32 Å². The molecule has 17 heavy (non-hydrogen) atoms. The molecule has 1 aromatic heterocycles. The molecule has 1 N–H and O–H groups in total. The minimum Gasteiger partial charge on any atom is -0.324 e. The first-order valence-electron chi connectivity index (χ1n) is 4.64. The highest BCUT2D eigenvalue weighted by Gasteiger charge is 2.04. The molecule has 0 amide bonds. The number of hydrogen-bond donors (Lipinski definition) is 1. The molecule has 0 aliphatic heterocycles. The molecule has 7 heteroatoms. The van der Waals surface area contributed by atoms with Gasteiger partial charge in [0.25, 0.3) is 0 Å². The third kappa shape index (κ3) is 3.25. The Morgan fingerprint density at radius 2 is 1.71 bits per heavy atom. The minimum atomic E-state index is -0.348. The van der Waals surface area contributed by atoms with E-state index in [1.54, 1.807) is 13.0 Å². The predicted octanol–water partition coefficient (Wildman–Crippen LogP) is 3.37. The molecule has 0 bridgehead atoms. The number of anilines is 2. The number of benzene rings is 1. The van der Waals surface area contributed by atoms with Crippen molar-refractivity contribution in [3.63, 3.8) is 0 Å². The van der Waals surface area contributed by atoms with E-state index in [2.05, 4.69) is 20.3 Å². The van der Waals surface area contributed by atoms with E-state index in [1.165, 1.54) is 12.1 Å². The fraction of sp³-hybridized carbons (Fsp3) is 0.100. The van der Waals surface area contributed by atoms with E-state index in [1.807, 2.05) is 0 Å². The molecule has 0 atom stereocenters. The van der Waals surface area contributed by atoms with Gasteiger partial charge >= 0.3 is 0 Å². The van der Waals surface area contributed by atoms with Crippen molar-refractivity contribution in [3.05, 3.63) is 40.1 Å². The number of nitrogens with zero attached hydrogens (tertiary/aromatic N) is 3. The lowest BCUT2D eigenvalue weighted by Gasteiger charge is -2.06. The molecular weight excluding hydrogens is 266 g/mol. The molecule has 0 fully saturated rings. The first kappa shape index (κ1) is 12.0. The van der Waals surface area contributed by atoms with E-state index < -0.39 is 0 Å². The summed E-state index contributed by atoms with van der Waals surface area (Å²) in [5, 5.41) is 2.74. The Bertz CT molecular complexity index is 472. The van der Waals surface area contributed by atoms with Crippen LogP contribution in [0, 0.1) is 12.7 Å². The molecule has 0 aliphatic rings. The Morgan fingerprint density at radius 1 is 1.06 bits per heavy atom. The number of hydrogen-bond acceptors (Lipinski definition) is 4. The van der Waals surface area contributed by atoms with Crippen molar-refractivity contribution in [2.24, 2.45) is 0 Å². The molecule has 2 aromatic rings. The normalized spacial score (nSPS) is 10.4. The lowest BCUT2D eigenvalue weighted by atomic mass is 10.2. The Balaban J connectivity index is 2.31. The van der Waals surface area contributed by atoms with Crippen LogP contribution in [0.15, 0.2) is 18.2 Å². The van der Waals surface area contributed by atoms with Gasteiger partial charge in [0.2, 0.25) is 16.5 Å². The van der Waals surface area contributed by atoms with Gasteiger partial charge in [-0.3, -0.25) is 0 Å². The van der Waals surface area contributed by atoms with Crippen molar-refractivity contribution in [1.29, 1.82) is 0 Å². The number of aryl methyl sites for hydroxylation is 1. The molecule has 1 heterocycles. The largest absolute Gasteiger partial charge is 0.324 e. The molecular formula is C10H7Cl2FN4. The van der Waals surface area contributed by atoms with Crippen molar-refractivity contribution in [3.8, 4) is 0 Å². The van der Waals surface area contributed by atoms with Gasteiger partial charge in [-0.15, -0.1) is 0 Å². The van der Waals surface area contributed by atoms with Crippen LogP contribution in [0.2, 0.25) is 10.6 Å². The van der Waals surface area contributed by atoms with Gasteiger partial charge in [0.05, 0.1) is 0 Å². The molecule has 0 aliphatic carbocycles. The van der Waals surface area contributed by atoms with E-state index in [-0.39, 0.29) is 22.3 Å². The van der Waals surface area contributed by atoms with Gasteiger partial charge in [-0.05, 0) is 53.9 Å². The smallest absolute Gasteiger partial charge is 0.232 e. The van der Waals surface area contributed by atoms with Crippen LogP contribution in [0.1, 0.15) is 5.56 Å². The summed E-state index contributed by atoms with van der Waals surface area (Å²) in [4.78, 5) is 11.2. The van der Waals surface area contributed by atoms with E-state index >= 15 is 0 Å². The molecule has 0 radical (unpaired) electrons. The monoisotopic (exact) mass is 272 g/mol. The van der Waals surface area contributed by atoms with E-state index in [9.17, 15) is 4.39 Å². The first-order valence-corrected chi connectivity index (χ1v) is 5.40. The zero-order chi connectivity index (χ0) is 12.4. The second-order valence-corrected chi connectivity index (χ2v) is 4.02. The SMILES string of the molecule is Cc1cc(F)cc(Nc2nc(Cl)nc(Cl)n2)c1.